The van der Waals surface area contributed by atoms with Crippen LogP contribution >= 0.6 is 11.8 Å². The van der Waals surface area contributed by atoms with Crippen molar-refractivity contribution < 1.29 is 9.90 Å². The van der Waals surface area contributed by atoms with Gasteiger partial charge >= 0.3 is 0 Å². The van der Waals surface area contributed by atoms with E-state index < -0.39 is 0 Å². The van der Waals surface area contributed by atoms with Crippen LogP contribution in [-0.4, -0.2) is 45.6 Å². The Morgan fingerprint density at radius 2 is 1.88 bits per heavy atom. The highest BCUT2D eigenvalue weighted by Crippen LogP contribution is 2.38. The van der Waals surface area contributed by atoms with Crippen LogP contribution in [0.25, 0.3) is 0 Å². The van der Waals surface area contributed by atoms with Crippen molar-refractivity contribution in [2.45, 2.75) is 50.3 Å². The molecule has 0 saturated carbocycles. The molecule has 3 saturated heterocycles. The van der Waals surface area contributed by atoms with Gasteiger partial charge in [-0.15, -0.1) is 0 Å². The predicted molar refractivity (Wildman–Crippen MR) is 64.3 cm³/mol. The van der Waals surface area contributed by atoms with E-state index in [2.05, 4.69) is 4.90 Å². The molecule has 3 heterocycles. The smallest absolute Gasteiger partial charge is 0.227 e. The summed E-state index contributed by atoms with van der Waals surface area (Å²) in [5, 5.41) is 9.71. The van der Waals surface area contributed by atoms with Crippen LogP contribution in [0.5, 0.6) is 0 Å². The zero-order chi connectivity index (χ0) is 11.1. The van der Waals surface area contributed by atoms with Gasteiger partial charge in [0.25, 0.3) is 0 Å². The van der Waals surface area contributed by atoms with E-state index in [1.165, 1.54) is 0 Å². The molecular formula is C12H19NO2S. The summed E-state index contributed by atoms with van der Waals surface area (Å²) in [6.07, 6.45) is 4.71. The summed E-state index contributed by atoms with van der Waals surface area (Å²) in [6, 6.07) is 0.679. The van der Waals surface area contributed by atoms with E-state index in [9.17, 15) is 9.90 Å². The van der Waals surface area contributed by atoms with Crippen LogP contribution < -0.4 is 0 Å². The first-order valence-electron chi connectivity index (χ1n) is 6.33. The summed E-state index contributed by atoms with van der Waals surface area (Å²) in [4.78, 5) is 14.5. The number of thioether (sulfide) groups is 1. The molecule has 3 aliphatic rings. The van der Waals surface area contributed by atoms with Gasteiger partial charge in [-0.25, -0.2) is 0 Å². The normalized spacial score (nSPS) is 42.7. The minimum atomic E-state index is -0.167. The van der Waals surface area contributed by atoms with Gasteiger partial charge in [-0.2, -0.15) is 11.8 Å². The molecule has 3 nitrogen and oxygen atoms in total. The molecule has 3 aliphatic heterocycles. The lowest BCUT2D eigenvalue weighted by Crippen LogP contribution is -2.50. The Labute approximate surface area is 101 Å². The molecule has 2 bridgehead atoms. The van der Waals surface area contributed by atoms with E-state index in [4.69, 9.17) is 0 Å². The van der Waals surface area contributed by atoms with Gasteiger partial charge in [-0.1, -0.05) is 0 Å². The summed E-state index contributed by atoms with van der Waals surface area (Å²) in [6.45, 7) is 0. The van der Waals surface area contributed by atoms with Crippen molar-refractivity contribution in [3.8, 4) is 0 Å². The van der Waals surface area contributed by atoms with Crippen molar-refractivity contribution in [1.29, 1.82) is 0 Å². The standard InChI is InChI=1S/C12H19NO2S/c14-11-5-9-1-2-10(6-11)13(9)12(15)8-3-4-16-7-8/h8-11,14H,1-7H2. The number of carbonyl (C=O) groups excluding carboxylic acids is 1. The molecule has 4 heteroatoms. The van der Waals surface area contributed by atoms with Crippen LogP contribution in [-0.2, 0) is 4.79 Å². The van der Waals surface area contributed by atoms with Crippen LogP contribution in [0, 0.1) is 5.92 Å². The quantitative estimate of drug-likeness (QED) is 0.751. The molecule has 0 radical (unpaired) electrons. The van der Waals surface area contributed by atoms with Crippen molar-refractivity contribution >= 4 is 17.7 Å². The highest BCUT2D eigenvalue weighted by atomic mass is 32.2. The molecule has 1 amide bonds. The molecule has 3 fully saturated rings. The number of hydrogen-bond donors (Lipinski definition) is 1. The van der Waals surface area contributed by atoms with Crippen molar-refractivity contribution in [2.24, 2.45) is 5.92 Å². The van der Waals surface area contributed by atoms with Crippen LogP contribution in [0.4, 0.5) is 0 Å². The first kappa shape index (κ1) is 10.9. The van der Waals surface area contributed by atoms with Gasteiger partial charge in [0.1, 0.15) is 0 Å². The molecule has 0 aromatic heterocycles. The number of amides is 1. The Morgan fingerprint density at radius 1 is 1.19 bits per heavy atom. The van der Waals surface area contributed by atoms with Gasteiger partial charge in [-0.05, 0) is 37.9 Å². The fourth-order valence-corrected chi connectivity index (χ4v) is 4.66. The number of fused-ring (bicyclic) bond motifs is 2. The maximum absolute atomic E-state index is 12.4. The Bertz CT molecular complexity index is 277. The lowest BCUT2D eigenvalue weighted by molar-refractivity contribution is -0.141. The average Bonchev–Trinajstić information content (AvgIpc) is 2.85. The Hall–Kier alpha value is -0.220. The third-order valence-corrected chi connectivity index (χ3v) is 5.40. The molecular weight excluding hydrogens is 222 g/mol. The third kappa shape index (κ3) is 1.76. The fourth-order valence-electron chi connectivity index (χ4n) is 3.45. The van der Waals surface area contributed by atoms with Gasteiger partial charge in [0.2, 0.25) is 5.91 Å². The van der Waals surface area contributed by atoms with Gasteiger partial charge < -0.3 is 10.0 Å². The third-order valence-electron chi connectivity index (χ3n) is 4.24. The van der Waals surface area contributed by atoms with E-state index >= 15 is 0 Å². The average molecular weight is 241 g/mol. The highest BCUT2D eigenvalue weighted by Gasteiger charge is 2.44. The molecule has 0 spiro atoms. The molecule has 3 unspecified atom stereocenters. The predicted octanol–water partition coefficient (Wildman–Crippen LogP) is 1.25. The number of carbonyl (C=O) groups is 1. The number of aliphatic hydroxyl groups is 1. The van der Waals surface area contributed by atoms with E-state index in [1.54, 1.807) is 0 Å². The second-order valence-electron chi connectivity index (χ2n) is 5.32. The fraction of sp³-hybridized carbons (Fsp3) is 0.917. The Balaban J connectivity index is 1.72. The van der Waals surface area contributed by atoms with E-state index in [-0.39, 0.29) is 12.0 Å². The SMILES string of the molecule is O=C(C1CCSC1)N1C2CCC1CC(O)C2. The topological polar surface area (TPSA) is 40.5 Å². The first-order chi connectivity index (χ1) is 7.75. The van der Waals surface area contributed by atoms with Gasteiger partial charge in [0, 0.05) is 23.8 Å². The number of hydrogen-bond acceptors (Lipinski definition) is 3. The number of aliphatic hydroxyl groups excluding tert-OH is 1. The summed E-state index contributed by atoms with van der Waals surface area (Å²) in [5.74, 6) is 2.80. The Kier molecular flexibility index (Phi) is 2.88. The molecule has 0 aromatic carbocycles. The second-order valence-corrected chi connectivity index (χ2v) is 6.47. The molecule has 16 heavy (non-hydrogen) atoms. The first-order valence-corrected chi connectivity index (χ1v) is 7.49. The molecule has 0 aromatic rings. The molecule has 90 valence electrons. The van der Waals surface area contributed by atoms with Crippen LogP contribution in [0.3, 0.4) is 0 Å². The van der Waals surface area contributed by atoms with Crippen LogP contribution in [0.1, 0.15) is 32.1 Å². The van der Waals surface area contributed by atoms with Crippen molar-refractivity contribution in [3.63, 3.8) is 0 Å². The van der Waals surface area contributed by atoms with Crippen molar-refractivity contribution in [2.75, 3.05) is 11.5 Å². The van der Waals surface area contributed by atoms with Gasteiger partial charge in [0.15, 0.2) is 0 Å². The monoisotopic (exact) mass is 241 g/mol. The van der Waals surface area contributed by atoms with Gasteiger partial charge in [-0.3, -0.25) is 4.79 Å². The largest absolute Gasteiger partial charge is 0.393 e. The number of nitrogens with zero attached hydrogens (tertiary/aromatic N) is 1. The number of rotatable bonds is 1. The zero-order valence-corrected chi connectivity index (χ0v) is 10.3. The van der Waals surface area contributed by atoms with Crippen LogP contribution in [0.2, 0.25) is 0 Å². The summed E-state index contributed by atoms with van der Waals surface area (Å²) in [5.41, 5.74) is 0. The molecule has 3 rings (SSSR count). The maximum atomic E-state index is 12.4. The lowest BCUT2D eigenvalue weighted by Gasteiger charge is -2.38. The second kappa shape index (κ2) is 4.22. The highest BCUT2D eigenvalue weighted by molar-refractivity contribution is 7.99. The minimum Gasteiger partial charge on any atom is -0.393 e. The van der Waals surface area contributed by atoms with E-state index in [0.717, 1.165) is 43.6 Å². The van der Waals surface area contributed by atoms with Crippen molar-refractivity contribution in [3.05, 3.63) is 0 Å². The van der Waals surface area contributed by atoms with E-state index in [0.29, 0.717) is 18.0 Å². The minimum absolute atomic E-state index is 0.167. The van der Waals surface area contributed by atoms with Crippen LogP contribution in [0.15, 0.2) is 0 Å². The molecule has 3 atom stereocenters. The van der Waals surface area contributed by atoms with Gasteiger partial charge in [0.05, 0.1) is 6.10 Å². The number of piperidine rings is 1. The summed E-state index contributed by atoms with van der Waals surface area (Å²) >= 11 is 1.90. The maximum Gasteiger partial charge on any atom is 0.227 e. The molecule has 1 N–H and O–H groups in total. The van der Waals surface area contributed by atoms with Crippen molar-refractivity contribution in [1.82, 2.24) is 4.90 Å². The summed E-state index contributed by atoms with van der Waals surface area (Å²) < 4.78 is 0. The lowest BCUT2D eigenvalue weighted by atomic mass is 9.97. The Morgan fingerprint density at radius 3 is 2.44 bits per heavy atom. The van der Waals surface area contributed by atoms with E-state index in [1.807, 2.05) is 11.8 Å². The molecule has 0 aliphatic carbocycles. The zero-order valence-electron chi connectivity index (χ0n) is 9.47. The summed E-state index contributed by atoms with van der Waals surface area (Å²) in [7, 11) is 0.